The average Bonchev–Trinajstić information content (AvgIpc) is 0. The molecule has 27 valence electrons. The Labute approximate surface area is 62.3 Å². The third kappa shape index (κ3) is 9.24. The van der Waals surface area contributed by atoms with E-state index < -0.39 is 0 Å². The zero-order valence-corrected chi connectivity index (χ0v) is 5.23. The van der Waals surface area contributed by atoms with Gasteiger partial charge >= 0.3 is 23.1 Å². The molecule has 0 aliphatic carbocycles. The van der Waals surface area contributed by atoms with Crippen LogP contribution in [0.3, 0.4) is 0 Å². The molecule has 4 heteroatoms. The van der Waals surface area contributed by atoms with Gasteiger partial charge in [0.1, 0.15) is 0 Å². The van der Waals surface area contributed by atoms with Crippen molar-refractivity contribution in [1.29, 1.82) is 0 Å². The molecule has 1 nitrogen and oxygen atoms in total. The summed E-state index contributed by atoms with van der Waals surface area (Å²) in [5.41, 5.74) is 0. The minimum absolute atomic E-state index is 0. The van der Waals surface area contributed by atoms with Crippen LogP contribution in [0.25, 0.3) is 0 Å². The Morgan fingerprint density at radius 2 is 1.00 bits per heavy atom. The molecule has 0 heterocycles. The van der Waals surface area contributed by atoms with E-state index in [1.807, 2.05) is 0 Å². The SMILES string of the molecule is [Cu].[Fe].[Mg+2].[O-2]. The van der Waals surface area contributed by atoms with Crippen molar-refractivity contribution >= 4 is 23.1 Å². The maximum atomic E-state index is 0. The van der Waals surface area contributed by atoms with Crippen LogP contribution in [0.2, 0.25) is 0 Å². The first-order valence-corrected chi connectivity index (χ1v) is 0. The van der Waals surface area contributed by atoms with Crippen LogP contribution in [0, 0.1) is 0 Å². The molecule has 0 aliphatic rings. The van der Waals surface area contributed by atoms with Gasteiger partial charge in [-0.15, -0.1) is 0 Å². The fraction of sp³-hybridized carbons (Fsp3) is 0. The van der Waals surface area contributed by atoms with E-state index in [1.165, 1.54) is 0 Å². The van der Waals surface area contributed by atoms with Gasteiger partial charge in [-0.25, -0.2) is 0 Å². The van der Waals surface area contributed by atoms with Crippen molar-refractivity contribution in [3.05, 3.63) is 0 Å². The zero-order chi connectivity index (χ0) is 0. The van der Waals surface area contributed by atoms with Gasteiger partial charge in [-0.3, -0.25) is 0 Å². The molecule has 0 aliphatic heterocycles. The van der Waals surface area contributed by atoms with E-state index in [4.69, 9.17) is 0 Å². The Hall–Kier alpha value is 1.77. The first-order chi connectivity index (χ1) is 0. The summed E-state index contributed by atoms with van der Waals surface area (Å²) in [4.78, 5) is 0. The number of rotatable bonds is 0. The van der Waals surface area contributed by atoms with Crippen LogP contribution in [0.1, 0.15) is 0 Å². The molecule has 4 heavy (non-hydrogen) atoms. The summed E-state index contributed by atoms with van der Waals surface area (Å²) in [5.74, 6) is 0. The number of hydrogen-bond acceptors (Lipinski definition) is 0. The van der Waals surface area contributed by atoms with Crippen molar-refractivity contribution in [1.82, 2.24) is 0 Å². The molecule has 0 aromatic heterocycles. The smallest absolute Gasteiger partial charge is 2.00 e. The largest absolute Gasteiger partial charge is 2.00 e. The molecule has 0 saturated heterocycles. The third-order valence-electron chi connectivity index (χ3n) is 0. The second-order valence-corrected chi connectivity index (χ2v) is 0. The van der Waals surface area contributed by atoms with Gasteiger partial charge in [0.05, 0.1) is 0 Å². The molecule has 0 saturated carbocycles. The van der Waals surface area contributed by atoms with E-state index in [0.717, 1.165) is 0 Å². The topological polar surface area (TPSA) is 28.5 Å². The molecule has 0 unspecified atom stereocenters. The molecule has 0 amide bonds. The van der Waals surface area contributed by atoms with Crippen LogP contribution in [0.4, 0.5) is 0 Å². The second-order valence-electron chi connectivity index (χ2n) is 0. The summed E-state index contributed by atoms with van der Waals surface area (Å²) in [6.45, 7) is 0. The molecule has 0 aromatic rings. The summed E-state index contributed by atoms with van der Waals surface area (Å²) in [6.07, 6.45) is 0. The van der Waals surface area contributed by atoms with Crippen LogP contribution in [0.15, 0.2) is 0 Å². The molecular weight excluding hydrogens is 160 g/mol. The quantitative estimate of drug-likeness (QED) is 0.427. The predicted octanol–water partition coefficient (Wildman–Crippen LogP) is -0.505. The van der Waals surface area contributed by atoms with Crippen molar-refractivity contribution in [3.63, 3.8) is 0 Å². The van der Waals surface area contributed by atoms with Gasteiger partial charge in [0.2, 0.25) is 0 Å². The monoisotopic (exact) mass is 159 g/mol. The summed E-state index contributed by atoms with van der Waals surface area (Å²) in [6, 6.07) is 0. The fourth-order valence-electron chi connectivity index (χ4n) is 0. The Morgan fingerprint density at radius 3 is 1.00 bits per heavy atom. The molecule has 0 atom stereocenters. The average molecular weight is 160 g/mol. The normalized spacial score (nSPS) is 0. The van der Waals surface area contributed by atoms with Crippen LogP contribution < -0.4 is 0 Å². The maximum Gasteiger partial charge on any atom is 2.00 e. The van der Waals surface area contributed by atoms with Gasteiger partial charge in [-0.1, -0.05) is 0 Å². The maximum absolute atomic E-state index is 0. The van der Waals surface area contributed by atoms with Crippen molar-refractivity contribution in [2.24, 2.45) is 0 Å². The van der Waals surface area contributed by atoms with Crippen molar-refractivity contribution in [2.75, 3.05) is 0 Å². The van der Waals surface area contributed by atoms with Crippen LogP contribution in [-0.4, -0.2) is 23.1 Å². The Balaban J connectivity index is 0. The van der Waals surface area contributed by atoms with Crippen LogP contribution >= 0.6 is 0 Å². The molecule has 0 aromatic carbocycles. The standard InChI is InChI=1S/Cu.Fe.Mg.O/q;;+2;-2. The fourth-order valence-corrected chi connectivity index (χ4v) is 0. The van der Waals surface area contributed by atoms with Gasteiger partial charge < -0.3 is 5.48 Å². The van der Waals surface area contributed by atoms with E-state index in [2.05, 4.69) is 0 Å². The zero-order valence-electron chi connectivity index (χ0n) is 1.77. The summed E-state index contributed by atoms with van der Waals surface area (Å²) < 4.78 is 0. The predicted molar refractivity (Wildman–Crippen MR) is 6.44 cm³/mol. The van der Waals surface area contributed by atoms with Crippen molar-refractivity contribution < 1.29 is 39.6 Å². The van der Waals surface area contributed by atoms with Crippen LogP contribution in [0.5, 0.6) is 0 Å². The molecule has 0 spiro atoms. The van der Waals surface area contributed by atoms with Crippen molar-refractivity contribution in [3.8, 4) is 0 Å². The molecular formula is CuFeMgO. The molecule has 0 fully saturated rings. The first kappa shape index (κ1) is 42.0. The Morgan fingerprint density at radius 1 is 1.00 bits per heavy atom. The van der Waals surface area contributed by atoms with Gasteiger partial charge in [-0.2, -0.15) is 0 Å². The summed E-state index contributed by atoms with van der Waals surface area (Å²) in [5, 5.41) is 0. The summed E-state index contributed by atoms with van der Waals surface area (Å²) >= 11 is 0. The van der Waals surface area contributed by atoms with Crippen LogP contribution in [-0.2, 0) is 39.6 Å². The Bertz CT molecular complexity index is 8.00. The number of hydrogen-bond donors (Lipinski definition) is 0. The summed E-state index contributed by atoms with van der Waals surface area (Å²) in [7, 11) is 0. The Kier molecular flexibility index (Phi) is 228. The minimum Gasteiger partial charge on any atom is -2.00 e. The molecule has 0 rings (SSSR count). The van der Waals surface area contributed by atoms with Crippen molar-refractivity contribution in [2.45, 2.75) is 0 Å². The molecule has 1 radical (unpaired) electrons. The second kappa shape index (κ2) is 21.7. The van der Waals surface area contributed by atoms with Gasteiger partial charge in [0.25, 0.3) is 0 Å². The van der Waals surface area contributed by atoms with Gasteiger partial charge in [0, 0.05) is 34.1 Å². The van der Waals surface area contributed by atoms with E-state index in [0.29, 0.717) is 0 Å². The van der Waals surface area contributed by atoms with Gasteiger partial charge in [-0.05, 0) is 0 Å². The minimum atomic E-state index is 0. The molecule has 0 bridgehead atoms. The third-order valence-corrected chi connectivity index (χ3v) is 0. The van der Waals surface area contributed by atoms with E-state index in [9.17, 15) is 0 Å². The van der Waals surface area contributed by atoms with E-state index >= 15 is 0 Å². The first-order valence-electron chi connectivity index (χ1n) is 0. The van der Waals surface area contributed by atoms with E-state index in [-0.39, 0.29) is 62.7 Å². The van der Waals surface area contributed by atoms with Gasteiger partial charge in [0.15, 0.2) is 0 Å². The molecule has 0 N–H and O–H groups in total. The van der Waals surface area contributed by atoms with E-state index in [1.54, 1.807) is 0 Å².